The first kappa shape index (κ1) is 15.5. The van der Waals surface area contributed by atoms with Crippen molar-refractivity contribution >= 4 is 23.2 Å². The lowest BCUT2D eigenvalue weighted by Gasteiger charge is -2.13. The van der Waals surface area contributed by atoms with E-state index in [-0.39, 0.29) is 17.7 Å². The second-order valence-electron chi connectivity index (χ2n) is 6.06. The predicted octanol–water partition coefficient (Wildman–Crippen LogP) is 1.55. The third-order valence-electron chi connectivity index (χ3n) is 4.50. The minimum Gasteiger partial charge on any atom is -0.355 e. The Morgan fingerprint density at radius 1 is 1.41 bits per heavy atom. The minimum atomic E-state index is -0.183. The molecule has 22 heavy (non-hydrogen) atoms. The zero-order valence-corrected chi connectivity index (χ0v) is 13.9. The van der Waals surface area contributed by atoms with E-state index >= 15 is 0 Å². The average Bonchev–Trinajstić information content (AvgIpc) is 3.09. The molecule has 0 radical (unpaired) electrons. The van der Waals surface area contributed by atoms with Gasteiger partial charge in [-0.1, -0.05) is 0 Å². The van der Waals surface area contributed by atoms with Crippen molar-refractivity contribution in [3.63, 3.8) is 0 Å². The summed E-state index contributed by atoms with van der Waals surface area (Å²) in [6.07, 6.45) is 5.93. The smallest absolute Gasteiger partial charge is 0.225 e. The quantitative estimate of drug-likeness (QED) is 0.895. The highest BCUT2D eigenvalue weighted by Crippen LogP contribution is 2.26. The molecule has 0 saturated carbocycles. The van der Waals surface area contributed by atoms with Crippen molar-refractivity contribution in [3.05, 3.63) is 15.6 Å². The predicted molar refractivity (Wildman–Crippen MR) is 85.8 cm³/mol. The van der Waals surface area contributed by atoms with Crippen LogP contribution in [0.2, 0.25) is 0 Å². The number of nitrogens with one attached hydrogen (secondary N) is 1. The molecule has 1 aliphatic carbocycles. The SMILES string of the molecule is CCN1C[C@@H](C(=O)NCCc2nc3c(s2)CCCC3)CC1=O. The monoisotopic (exact) mass is 321 g/mol. The molecular formula is C16H23N3O2S. The second-order valence-corrected chi connectivity index (χ2v) is 7.23. The molecule has 2 aliphatic rings. The highest BCUT2D eigenvalue weighted by molar-refractivity contribution is 7.11. The molecule has 1 aromatic rings. The van der Waals surface area contributed by atoms with Gasteiger partial charge in [-0.2, -0.15) is 0 Å². The molecule has 1 saturated heterocycles. The number of nitrogens with zero attached hydrogens (tertiary/aromatic N) is 2. The summed E-state index contributed by atoms with van der Waals surface area (Å²) in [4.78, 5) is 31.7. The van der Waals surface area contributed by atoms with Gasteiger partial charge in [-0.15, -0.1) is 11.3 Å². The van der Waals surface area contributed by atoms with Gasteiger partial charge in [0.2, 0.25) is 11.8 Å². The lowest BCUT2D eigenvalue weighted by molar-refractivity contribution is -0.128. The van der Waals surface area contributed by atoms with Crippen LogP contribution >= 0.6 is 11.3 Å². The van der Waals surface area contributed by atoms with Gasteiger partial charge < -0.3 is 10.2 Å². The fourth-order valence-corrected chi connectivity index (χ4v) is 4.36. The molecule has 1 N–H and O–H groups in total. The first-order valence-corrected chi connectivity index (χ1v) is 9.02. The number of carbonyl (C=O) groups excluding carboxylic acids is 2. The molecular weight excluding hydrogens is 298 g/mol. The third kappa shape index (κ3) is 3.32. The van der Waals surface area contributed by atoms with Crippen LogP contribution in [0.4, 0.5) is 0 Å². The summed E-state index contributed by atoms with van der Waals surface area (Å²) in [5, 5.41) is 4.10. The van der Waals surface area contributed by atoms with Crippen molar-refractivity contribution in [1.82, 2.24) is 15.2 Å². The Hall–Kier alpha value is -1.43. The fourth-order valence-electron chi connectivity index (χ4n) is 3.20. The van der Waals surface area contributed by atoms with E-state index < -0.39 is 0 Å². The number of thiazole rings is 1. The minimum absolute atomic E-state index is 0.00520. The van der Waals surface area contributed by atoms with Crippen LogP contribution in [0, 0.1) is 5.92 Å². The molecule has 1 aliphatic heterocycles. The molecule has 6 heteroatoms. The van der Waals surface area contributed by atoms with Gasteiger partial charge in [0.15, 0.2) is 0 Å². The van der Waals surface area contributed by atoms with Gasteiger partial charge in [0.05, 0.1) is 16.6 Å². The van der Waals surface area contributed by atoms with E-state index in [0.29, 0.717) is 26.1 Å². The van der Waals surface area contributed by atoms with Gasteiger partial charge >= 0.3 is 0 Å². The lowest BCUT2D eigenvalue weighted by Crippen LogP contribution is -2.34. The fraction of sp³-hybridized carbons (Fsp3) is 0.688. The Labute approximate surface area is 135 Å². The summed E-state index contributed by atoms with van der Waals surface area (Å²) < 4.78 is 0. The van der Waals surface area contributed by atoms with Crippen LogP contribution < -0.4 is 5.32 Å². The van der Waals surface area contributed by atoms with E-state index in [1.807, 2.05) is 6.92 Å². The molecule has 120 valence electrons. The van der Waals surface area contributed by atoms with Gasteiger partial charge in [0, 0.05) is 37.4 Å². The number of rotatable bonds is 5. The van der Waals surface area contributed by atoms with Crippen molar-refractivity contribution < 1.29 is 9.59 Å². The van der Waals surface area contributed by atoms with Crippen molar-refractivity contribution in [2.45, 2.75) is 45.4 Å². The molecule has 3 rings (SSSR count). The first-order chi connectivity index (χ1) is 10.7. The van der Waals surface area contributed by atoms with Gasteiger partial charge in [0.25, 0.3) is 0 Å². The number of hydrogen-bond donors (Lipinski definition) is 1. The summed E-state index contributed by atoms with van der Waals surface area (Å²) in [6.45, 7) is 3.81. The van der Waals surface area contributed by atoms with Crippen molar-refractivity contribution in [2.24, 2.45) is 5.92 Å². The van der Waals surface area contributed by atoms with Gasteiger partial charge in [0.1, 0.15) is 0 Å². The maximum Gasteiger partial charge on any atom is 0.225 e. The Bertz CT molecular complexity index is 546. The normalized spacial score (nSPS) is 21.0. The molecule has 2 heterocycles. The molecule has 1 atom stereocenters. The number of aromatic nitrogens is 1. The molecule has 0 unspecified atom stereocenters. The van der Waals surface area contributed by atoms with Crippen LogP contribution in [0.3, 0.4) is 0 Å². The Kier molecular flexibility index (Phi) is 4.76. The van der Waals surface area contributed by atoms with Crippen LogP contribution in [0.5, 0.6) is 0 Å². The van der Waals surface area contributed by atoms with E-state index in [4.69, 9.17) is 0 Å². The van der Waals surface area contributed by atoms with Gasteiger partial charge in [-0.25, -0.2) is 4.98 Å². The van der Waals surface area contributed by atoms with E-state index in [2.05, 4.69) is 10.3 Å². The van der Waals surface area contributed by atoms with E-state index in [9.17, 15) is 9.59 Å². The zero-order valence-electron chi connectivity index (χ0n) is 13.1. The van der Waals surface area contributed by atoms with Crippen LogP contribution in [-0.2, 0) is 28.9 Å². The second kappa shape index (κ2) is 6.77. The van der Waals surface area contributed by atoms with E-state index in [1.165, 1.54) is 23.4 Å². The van der Waals surface area contributed by atoms with E-state index in [1.54, 1.807) is 16.2 Å². The largest absolute Gasteiger partial charge is 0.355 e. The zero-order chi connectivity index (χ0) is 15.5. The maximum absolute atomic E-state index is 12.1. The van der Waals surface area contributed by atoms with Crippen LogP contribution in [0.15, 0.2) is 0 Å². The van der Waals surface area contributed by atoms with E-state index in [0.717, 1.165) is 24.3 Å². The van der Waals surface area contributed by atoms with Gasteiger partial charge in [-0.05, 0) is 32.6 Å². The molecule has 0 bridgehead atoms. The summed E-state index contributed by atoms with van der Waals surface area (Å²) in [5.41, 5.74) is 1.28. The highest BCUT2D eigenvalue weighted by atomic mass is 32.1. The summed E-state index contributed by atoms with van der Waals surface area (Å²) >= 11 is 1.80. The third-order valence-corrected chi connectivity index (χ3v) is 5.71. The Morgan fingerprint density at radius 2 is 2.23 bits per heavy atom. The number of hydrogen-bond acceptors (Lipinski definition) is 4. The number of aryl methyl sites for hydroxylation is 2. The molecule has 0 spiro atoms. The van der Waals surface area contributed by atoms with Crippen molar-refractivity contribution in [3.8, 4) is 0 Å². The maximum atomic E-state index is 12.1. The van der Waals surface area contributed by atoms with Crippen LogP contribution in [0.1, 0.15) is 41.8 Å². The Morgan fingerprint density at radius 3 is 2.95 bits per heavy atom. The lowest BCUT2D eigenvalue weighted by atomic mass is 10.0. The summed E-state index contributed by atoms with van der Waals surface area (Å²) in [5.74, 6) is -0.0854. The van der Waals surface area contributed by atoms with Crippen molar-refractivity contribution in [1.29, 1.82) is 0 Å². The highest BCUT2D eigenvalue weighted by Gasteiger charge is 2.33. The van der Waals surface area contributed by atoms with Gasteiger partial charge in [-0.3, -0.25) is 9.59 Å². The average molecular weight is 321 g/mol. The van der Waals surface area contributed by atoms with Crippen LogP contribution in [0.25, 0.3) is 0 Å². The molecule has 1 aromatic heterocycles. The standard InChI is InChI=1S/C16H23N3O2S/c1-2-19-10-11(9-15(19)20)16(21)17-8-7-14-18-12-5-3-4-6-13(12)22-14/h11H,2-10H2,1H3,(H,17,21)/t11-/m0/s1. The Balaban J connectivity index is 1.46. The number of likely N-dealkylation sites (tertiary alicyclic amines) is 1. The molecule has 1 fully saturated rings. The number of carbonyl (C=O) groups is 2. The van der Waals surface area contributed by atoms with Crippen molar-refractivity contribution in [2.75, 3.05) is 19.6 Å². The number of fused-ring (bicyclic) bond motifs is 1. The molecule has 2 amide bonds. The summed E-state index contributed by atoms with van der Waals surface area (Å²) in [6, 6.07) is 0. The first-order valence-electron chi connectivity index (χ1n) is 8.20. The van der Waals surface area contributed by atoms with Crippen LogP contribution in [-0.4, -0.2) is 41.3 Å². The topological polar surface area (TPSA) is 62.3 Å². The molecule has 5 nitrogen and oxygen atoms in total. The molecule has 0 aromatic carbocycles. The number of amides is 2. The summed E-state index contributed by atoms with van der Waals surface area (Å²) in [7, 11) is 0.